The van der Waals surface area contributed by atoms with Gasteiger partial charge in [0.1, 0.15) is 11.3 Å². The Bertz CT molecular complexity index is 459. The van der Waals surface area contributed by atoms with Crippen LogP contribution in [0.4, 0.5) is 5.82 Å². The minimum absolute atomic E-state index is 0.461. The molecule has 5 heteroatoms. The number of imidazole rings is 1. The molecule has 0 amide bonds. The summed E-state index contributed by atoms with van der Waals surface area (Å²) in [6.07, 6.45) is 2.81. The van der Waals surface area contributed by atoms with Crippen LogP contribution in [-0.4, -0.2) is 19.5 Å². The van der Waals surface area contributed by atoms with Crippen molar-refractivity contribution in [1.29, 1.82) is 0 Å². The first-order valence-electron chi connectivity index (χ1n) is 4.67. The van der Waals surface area contributed by atoms with Gasteiger partial charge in [0.05, 0.1) is 6.33 Å². The molecule has 0 aliphatic rings. The van der Waals surface area contributed by atoms with E-state index >= 15 is 0 Å². The van der Waals surface area contributed by atoms with Gasteiger partial charge in [0.25, 0.3) is 0 Å². The normalized spacial score (nSPS) is 11.0. The Hall–Kier alpha value is -1.65. The molecule has 0 saturated heterocycles. The molecule has 0 unspecified atom stereocenters. The summed E-state index contributed by atoms with van der Waals surface area (Å²) in [5, 5.41) is 0. The fraction of sp³-hybridized carbons (Fsp3) is 0.444. The first-order valence-corrected chi connectivity index (χ1v) is 4.67. The van der Waals surface area contributed by atoms with Crippen LogP contribution in [0.15, 0.2) is 6.33 Å². The predicted molar refractivity (Wildman–Crippen MR) is 54.8 cm³/mol. The Labute approximate surface area is 82.0 Å². The minimum Gasteiger partial charge on any atom is -0.382 e. The number of hydrogen-bond acceptors (Lipinski definition) is 4. The number of nitrogen functional groups attached to an aromatic ring is 1. The van der Waals surface area contributed by atoms with Crippen LogP contribution in [0, 0.1) is 6.92 Å². The average Bonchev–Trinajstić information content (AvgIpc) is 2.49. The second kappa shape index (κ2) is 3.25. The molecule has 0 spiro atoms. The highest BCUT2D eigenvalue weighted by molar-refractivity contribution is 5.81. The number of nitrogens with zero attached hydrogens (tertiary/aromatic N) is 4. The zero-order valence-corrected chi connectivity index (χ0v) is 8.36. The van der Waals surface area contributed by atoms with Gasteiger partial charge in [0.2, 0.25) is 0 Å². The fourth-order valence-electron chi connectivity index (χ4n) is 1.48. The van der Waals surface area contributed by atoms with Gasteiger partial charge in [-0.25, -0.2) is 15.0 Å². The number of aromatic nitrogens is 4. The largest absolute Gasteiger partial charge is 0.382 e. The summed E-state index contributed by atoms with van der Waals surface area (Å²) in [5.41, 5.74) is 7.27. The van der Waals surface area contributed by atoms with Crippen LogP contribution in [0.1, 0.15) is 19.2 Å². The molecule has 0 aliphatic heterocycles. The summed E-state index contributed by atoms with van der Waals surface area (Å²) in [6, 6.07) is 0. The number of rotatable bonds is 2. The van der Waals surface area contributed by atoms with E-state index in [0.29, 0.717) is 17.2 Å². The zero-order chi connectivity index (χ0) is 10.1. The standard InChI is InChI=1S/C9H13N5/c1-3-4-14-5-11-7-8(10)12-6(2)13-9(7)14/h5H,3-4H2,1-2H3,(H2,10,12,13). The molecule has 5 nitrogen and oxygen atoms in total. The molecule has 0 aliphatic carbocycles. The summed E-state index contributed by atoms with van der Waals surface area (Å²) in [4.78, 5) is 12.6. The van der Waals surface area contributed by atoms with Gasteiger partial charge in [-0.3, -0.25) is 0 Å². The Morgan fingerprint density at radius 3 is 2.93 bits per heavy atom. The summed E-state index contributed by atoms with van der Waals surface area (Å²) in [7, 11) is 0. The highest BCUT2D eigenvalue weighted by Crippen LogP contribution is 2.15. The highest BCUT2D eigenvalue weighted by Gasteiger charge is 2.08. The molecule has 0 radical (unpaired) electrons. The van der Waals surface area contributed by atoms with Crippen LogP contribution in [0.5, 0.6) is 0 Å². The van der Waals surface area contributed by atoms with Crippen molar-refractivity contribution in [3.63, 3.8) is 0 Å². The molecule has 0 aromatic carbocycles. The van der Waals surface area contributed by atoms with Crippen molar-refractivity contribution >= 4 is 17.0 Å². The minimum atomic E-state index is 0.461. The van der Waals surface area contributed by atoms with E-state index in [1.807, 2.05) is 11.5 Å². The molecule has 2 rings (SSSR count). The van der Waals surface area contributed by atoms with E-state index in [1.54, 1.807) is 6.33 Å². The first kappa shape index (κ1) is 8.93. The summed E-state index contributed by atoms with van der Waals surface area (Å²) in [5.74, 6) is 1.15. The van der Waals surface area contributed by atoms with Crippen LogP contribution < -0.4 is 5.73 Å². The molecule has 0 fully saturated rings. The van der Waals surface area contributed by atoms with Crippen molar-refractivity contribution in [1.82, 2.24) is 19.5 Å². The maximum absolute atomic E-state index is 5.74. The third-order valence-corrected chi connectivity index (χ3v) is 2.07. The summed E-state index contributed by atoms with van der Waals surface area (Å²) < 4.78 is 2.00. The molecular weight excluding hydrogens is 178 g/mol. The van der Waals surface area contributed by atoms with Crippen LogP contribution >= 0.6 is 0 Å². The highest BCUT2D eigenvalue weighted by atomic mass is 15.1. The molecule has 2 heterocycles. The Morgan fingerprint density at radius 2 is 2.21 bits per heavy atom. The zero-order valence-electron chi connectivity index (χ0n) is 8.36. The van der Waals surface area contributed by atoms with Gasteiger partial charge in [-0.05, 0) is 13.3 Å². The van der Waals surface area contributed by atoms with Gasteiger partial charge in [0, 0.05) is 6.54 Å². The van der Waals surface area contributed by atoms with Crippen LogP contribution in [0.3, 0.4) is 0 Å². The van der Waals surface area contributed by atoms with E-state index < -0.39 is 0 Å². The van der Waals surface area contributed by atoms with E-state index in [0.717, 1.165) is 18.6 Å². The van der Waals surface area contributed by atoms with Gasteiger partial charge >= 0.3 is 0 Å². The molecule has 2 N–H and O–H groups in total. The maximum atomic E-state index is 5.74. The second-order valence-electron chi connectivity index (χ2n) is 3.27. The second-order valence-corrected chi connectivity index (χ2v) is 3.27. The smallest absolute Gasteiger partial charge is 0.165 e. The topological polar surface area (TPSA) is 69.6 Å². The lowest BCUT2D eigenvalue weighted by Gasteiger charge is -2.01. The predicted octanol–water partition coefficient (Wildman–Crippen LogP) is 1.13. The number of aryl methyl sites for hydroxylation is 2. The molecule has 2 aromatic rings. The average molecular weight is 191 g/mol. The molecule has 0 bridgehead atoms. The van der Waals surface area contributed by atoms with Crippen molar-refractivity contribution in [3.05, 3.63) is 12.2 Å². The van der Waals surface area contributed by atoms with E-state index in [-0.39, 0.29) is 0 Å². The number of anilines is 1. The summed E-state index contributed by atoms with van der Waals surface area (Å²) >= 11 is 0. The van der Waals surface area contributed by atoms with E-state index in [2.05, 4.69) is 21.9 Å². The van der Waals surface area contributed by atoms with Gasteiger partial charge < -0.3 is 10.3 Å². The lowest BCUT2D eigenvalue weighted by Crippen LogP contribution is -2.01. The summed E-state index contributed by atoms with van der Waals surface area (Å²) in [6.45, 7) is 4.86. The number of hydrogen-bond donors (Lipinski definition) is 1. The van der Waals surface area contributed by atoms with Crippen LogP contribution in [0.2, 0.25) is 0 Å². The van der Waals surface area contributed by atoms with Crippen molar-refractivity contribution in [2.24, 2.45) is 0 Å². The SMILES string of the molecule is CCCn1cnc2c(N)nc(C)nc21. The van der Waals surface area contributed by atoms with Crippen molar-refractivity contribution < 1.29 is 0 Å². The van der Waals surface area contributed by atoms with E-state index in [1.165, 1.54) is 0 Å². The third kappa shape index (κ3) is 1.30. The lowest BCUT2D eigenvalue weighted by molar-refractivity contribution is 0.690. The van der Waals surface area contributed by atoms with Gasteiger partial charge in [0.15, 0.2) is 11.5 Å². The van der Waals surface area contributed by atoms with Gasteiger partial charge in [-0.15, -0.1) is 0 Å². The van der Waals surface area contributed by atoms with Gasteiger partial charge in [-0.2, -0.15) is 0 Å². The van der Waals surface area contributed by atoms with Gasteiger partial charge in [-0.1, -0.05) is 6.92 Å². The van der Waals surface area contributed by atoms with Crippen molar-refractivity contribution in [3.8, 4) is 0 Å². The molecule has 0 atom stereocenters. The molecule has 14 heavy (non-hydrogen) atoms. The monoisotopic (exact) mass is 191 g/mol. The maximum Gasteiger partial charge on any atom is 0.165 e. The lowest BCUT2D eigenvalue weighted by atomic mass is 10.4. The van der Waals surface area contributed by atoms with Crippen molar-refractivity contribution in [2.75, 3.05) is 5.73 Å². The van der Waals surface area contributed by atoms with E-state index in [9.17, 15) is 0 Å². The van der Waals surface area contributed by atoms with Crippen molar-refractivity contribution in [2.45, 2.75) is 26.8 Å². The Morgan fingerprint density at radius 1 is 1.43 bits per heavy atom. The number of nitrogens with two attached hydrogens (primary N) is 1. The molecule has 74 valence electrons. The van der Waals surface area contributed by atoms with Crippen LogP contribution in [-0.2, 0) is 6.54 Å². The van der Waals surface area contributed by atoms with Crippen LogP contribution in [0.25, 0.3) is 11.2 Å². The molecule has 2 aromatic heterocycles. The Balaban J connectivity index is 2.66. The quantitative estimate of drug-likeness (QED) is 0.772. The number of fused-ring (bicyclic) bond motifs is 1. The third-order valence-electron chi connectivity index (χ3n) is 2.07. The molecule has 0 saturated carbocycles. The first-order chi connectivity index (χ1) is 6.72. The fourth-order valence-corrected chi connectivity index (χ4v) is 1.48. The van der Waals surface area contributed by atoms with E-state index in [4.69, 9.17) is 5.73 Å². The molecular formula is C9H13N5. The Kier molecular flexibility index (Phi) is 2.07.